The maximum Gasteiger partial charge on any atom is 0.305 e. The summed E-state index contributed by atoms with van der Waals surface area (Å²) < 4.78 is 0. The molecule has 4 heteroatoms. The average molecular weight is 181 g/mol. The van der Waals surface area contributed by atoms with E-state index in [4.69, 9.17) is 10.8 Å². The Labute approximate surface area is 75.6 Å². The third-order valence-electron chi connectivity index (χ3n) is 1.73. The molecule has 1 atom stereocenters. The lowest BCUT2D eigenvalue weighted by atomic mass is 10.0. The number of hydrogen-bond acceptors (Lipinski definition) is 3. The molecule has 0 unspecified atom stereocenters. The number of aliphatic carboxylic acids is 1. The van der Waals surface area contributed by atoms with Crippen LogP contribution < -0.4 is 5.73 Å². The molecule has 13 heavy (non-hydrogen) atoms. The van der Waals surface area contributed by atoms with Gasteiger partial charge in [-0.25, -0.2) is 0 Å². The van der Waals surface area contributed by atoms with Gasteiger partial charge in [-0.1, -0.05) is 18.2 Å². The molecule has 0 heterocycles. The first-order chi connectivity index (χ1) is 6.11. The number of hydrogen-bond donors (Lipinski definition) is 3. The number of carboxylic acids is 1. The largest absolute Gasteiger partial charge is 0.508 e. The summed E-state index contributed by atoms with van der Waals surface area (Å²) in [6.07, 6.45) is -0.183. The van der Waals surface area contributed by atoms with Gasteiger partial charge in [-0.2, -0.15) is 0 Å². The zero-order chi connectivity index (χ0) is 9.84. The number of para-hydroxylation sites is 1. The van der Waals surface area contributed by atoms with Crippen LogP contribution in [0.5, 0.6) is 5.75 Å². The van der Waals surface area contributed by atoms with Gasteiger partial charge >= 0.3 is 5.97 Å². The van der Waals surface area contributed by atoms with Crippen molar-refractivity contribution < 1.29 is 15.0 Å². The smallest absolute Gasteiger partial charge is 0.305 e. The Morgan fingerprint density at radius 1 is 1.46 bits per heavy atom. The van der Waals surface area contributed by atoms with E-state index in [0.29, 0.717) is 5.56 Å². The third-order valence-corrected chi connectivity index (χ3v) is 1.73. The minimum absolute atomic E-state index is 0.0382. The summed E-state index contributed by atoms with van der Waals surface area (Å²) in [6, 6.07) is 5.81. The first-order valence-corrected chi connectivity index (χ1v) is 3.86. The van der Waals surface area contributed by atoms with Crippen LogP contribution in [0.2, 0.25) is 0 Å². The van der Waals surface area contributed by atoms with Crippen molar-refractivity contribution in [3.8, 4) is 5.75 Å². The minimum atomic E-state index is -0.976. The minimum Gasteiger partial charge on any atom is -0.508 e. The van der Waals surface area contributed by atoms with Gasteiger partial charge in [0.25, 0.3) is 0 Å². The van der Waals surface area contributed by atoms with Crippen LogP contribution in [0.3, 0.4) is 0 Å². The highest BCUT2D eigenvalue weighted by Gasteiger charge is 2.13. The Bertz CT molecular complexity index is 311. The van der Waals surface area contributed by atoms with Gasteiger partial charge in [-0.15, -0.1) is 0 Å². The Hall–Kier alpha value is -1.55. The predicted octanol–water partition coefficient (Wildman–Crippen LogP) is 0.867. The average Bonchev–Trinajstić information content (AvgIpc) is 2.03. The van der Waals surface area contributed by atoms with Crippen LogP contribution in [0.25, 0.3) is 0 Å². The molecule has 0 aliphatic rings. The number of rotatable bonds is 3. The van der Waals surface area contributed by atoms with E-state index < -0.39 is 12.0 Å². The van der Waals surface area contributed by atoms with Crippen molar-refractivity contribution in [1.29, 1.82) is 0 Å². The first kappa shape index (κ1) is 9.54. The number of carbonyl (C=O) groups is 1. The molecule has 0 aromatic heterocycles. The van der Waals surface area contributed by atoms with Crippen molar-refractivity contribution >= 4 is 5.97 Å². The first-order valence-electron chi connectivity index (χ1n) is 3.86. The fourth-order valence-corrected chi connectivity index (χ4v) is 1.10. The summed E-state index contributed by atoms with van der Waals surface area (Å²) >= 11 is 0. The maximum atomic E-state index is 10.3. The van der Waals surface area contributed by atoms with E-state index in [-0.39, 0.29) is 12.2 Å². The quantitative estimate of drug-likeness (QED) is 0.646. The van der Waals surface area contributed by atoms with E-state index >= 15 is 0 Å². The van der Waals surface area contributed by atoms with Crippen LogP contribution >= 0.6 is 0 Å². The van der Waals surface area contributed by atoms with E-state index in [1.807, 2.05) is 0 Å². The molecule has 4 N–H and O–H groups in total. The fraction of sp³-hybridized carbons (Fsp3) is 0.222. The lowest BCUT2D eigenvalue weighted by Crippen LogP contribution is -2.14. The molecule has 0 amide bonds. The summed E-state index contributed by atoms with van der Waals surface area (Å²) in [5.41, 5.74) is 6.02. The third kappa shape index (κ3) is 2.45. The van der Waals surface area contributed by atoms with Gasteiger partial charge in [0.15, 0.2) is 0 Å². The van der Waals surface area contributed by atoms with Gasteiger partial charge in [0, 0.05) is 11.6 Å². The molecule has 0 saturated carbocycles. The van der Waals surface area contributed by atoms with Crippen LogP contribution in [0.1, 0.15) is 18.0 Å². The molecule has 4 nitrogen and oxygen atoms in total. The number of carboxylic acid groups (broad SMARTS) is 1. The van der Waals surface area contributed by atoms with Gasteiger partial charge in [0.2, 0.25) is 0 Å². The molecule has 0 bridgehead atoms. The Kier molecular flexibility index (Phi) is 2.87. The second kappa shape index (κ2) is 3.91. The Balaban J connectivity index is 2.82. The number of phenols is 1. The number of benzene rings is 1. The Morgan fingerprint density at radius 2 is 2.08 bits per heavy atom. The zero-order valence-corrected chi connectivity index (χ0v) is 6.97. The molecular formula is C9H11NO3. The molecule has 0 fully saturated rings. The van der Waals surface area contributed by atoms with Crippen LogP contribution in [0, 0.1) is 0 Å². The lowest BCUT2D eigenvalue weighted by Gasteiger charge is -2.10. The molecular weight excluding hydrogens is 170 g/mol. The van der Waals surface area contributed by atoms with Crippen LogP contribution in [0.15, 0.2) is 24.3 Å². The summed E-state index contributed by atoms with van der Waals surface area (Å²) in [6.45, 7) is 0. The number of aromatic hydroxyl groups is 1. The van der Waals surface area contributed by atoms with E-state index in [1.165, 1.54) is 6.07 Å². The maximum absolute atomic E-state index is 10.3. The van der Waals surface area contributed by atoms with E-state index in [0.717, 1.165) is 0 Å². The van der Waals surface area contributed by atoms with Crippen LogP contribution in [-0.4, -0.2) is 16.2 Å². The summed E-state index contributed by atoms with van der Waals surface area (Å²) in [4.78, 5) is 10.3. The van der Waals surface area contributed by atoms with Crippen molar-refractivity contribution in [2.75, 3.05) is 0 Å². The van der Waals surface area contributed by atoms with Crippen LogP contribution in [0.4, 0.5) is 0 Å². The van der Waals surface area contributed by atoms with Gasteiger partial charge in [0.05, 0.1) is 6.42 Å². The fourth-order valence-electron chi connectivity index (χ4n) is 1.10. The molecule has 0 aliphatic heterocycles. The highest BCUT2D eigenvalue weighted by atomic mass is 16.4. The summed E-state index contributed by atoms with van der Waals surface area (Å²) in [7, 11) is 0. The monoisotopic (exact) mass is 181 g/mol. The highest BCUT2D eigenvalue weighted by Crippen LogP contribution is 2.23. The molecule has 1 aromatic carbocycles. The Morgan fingerprint density at radius 3 is 2.62 bits per heavy atom. The lowest BCUT2D eigenvalue weighted by molar-refractivity contribution is -0.137. The molecule has 0 saturated heterocycles. The second-order valence-electron chi connectivity index (χ2n) is 2.76. The standard InChI is InChI=1S/C9H11NO3/c10-7(5-9(12)13)6-3-1-2-4-8(6)11/h1-4,7,11H,5,10H2,(H,12,13)/t7-/m1/s1. The highest BCUT2D eigenvalue weighted by molar-refractivity contribution is 5.68. The van der Waals surface area contributed by atoms with Crippen molar-refractivity contribution in [2.45, 2.75) is 12.5 Å². The molecule has 70 valence electrons. The van der Waals surface area contributed by atoms with Gasteiger partial charge < -0.3 is 15.9 Å². The van der Waals surface area contributed by atoms with Gasteiger partial charge in [-0.3, -0.25) is 4.79 Å². The van der Waals surface area contributed by atoms with Crippen molar-refractivity contribution in [3.05, 3.63) is 29.8 Å². The molecule has 1 rings (SSSR count). The van der Waals surface area contributed by atoms with E-state index in [9.17, 15) is 9.90 Å². The number of nitrogens with two attached hydrogens (primary N) is 1. The molecule has 0 spiro atoms. The molecule has 1 aromatic rings. The summed E-state index contributed by atoms with van der Waals surface area (Å²) in [5.74, 6) is -0.938. The second-order valence-corrected chi connectivity index (χ2v) is 2.76. The van der Waals surface area contributed by atoms with Gasteiger partial charge in [-0.05, 0) is 6.07 Å². The van der Waals surface area contributed by atoms with Crippen LogP contribution in [-0.2, 0) is 4.79 Å². The summed E-state index contributed by atoms with van der Waals surface area (Å²) in [5, 5.41) is 17.8. The van der Waals surface area contributed by atoms with Gasteiger partial charge in [0.1, 0.15) is 5.75 Å². The predicted molar refractivity (Wildman–Crippen MR) is 47.3 cm³/mol. The van der Waals surface area contributed by atoms with Crippen molar-refractivity contribution in [2.24, 2.45) is 5.73 Å². The molecule has 0 radical (unpaired) electrons. The van der Waals surface area contributed by atoms with Crippen molar-refractivity contribution in [1.82, 2.24) is 0 Å². The number of phenolic OH excluding ortho intramolecular Hbond substituents is 1. The van der Waals surface area contributed by atoms with E-state index in [2.05, 4.69) is 0 Å². The SMILES string of the molecule is N[C@H](CC(=O)O)c1ccccc1O. The zero-order valence-electron chi connectivity index (χ0n) is 6.97. The van der Waals surface area contributed by atoms with Crippen molar-refractivity contribution in [3.63, 3.8) is 0 Å². The topological polar surface area (TPSA) is 83.6 Å². The van der Waals surface area contributed by atoms with E-state index in [1.54, 1.807) is 18.2 Å². The normalized spacial score (nSPS) is 12.4. The molecule has 0 aliphatic carbocycles.